The second kappa shape index (κ2) is 6.66. The maximum Gasteiger partial charge on any atom is 0.0911 e. The van der Waals surface area contributed by atoms with E-state index >= 15 is 0 Å². The second-order valence-corrected chi connectivity index (χ2v) is 7.77. The highest BCUT2D eigenvalue weighted by atomic mass is 32.2. The van der Waals surface area contributed by atoms with Crippen molar-refractivity contribution in [2.24, 2.45) is 0 Å². The number of thiophene rings is 1. The van der Waals surface area contributed by atoms with Crippen LogP contribution in [0.2, 0.25) is 0 Å². The largest absolute Gasteiger partial charge is 0.312 e. The molecule has 1 N–H and O–H groups in total. The van der Waals surface area contributed by atoms with Gasteiger partial charge in [-0.25, -0.2) is 0 Å². The maximum absolute atomic E-state index is 12.4. The molecule has 4 heteroatoms. The molecule has 0 saturated heterocycles. The van der Waals surface area contributed by atoms with Gasteiger partial charge in [-0.1, -0.05) is 23.8 Å². The van der Waals surface area contributed by atoms with Gasteiger partial charge in [0.05, 0.1) is 15.0 Å². The van der Waals surface area contributed by atoms with Crippen LogP contribution < -0.4 is 5.32 Å². The van der Waals surface area contributed by atoms with Gasteiger partial charge < -0.3 is 5.32 Å². The standard InChI is InChI=1S/C16H21NOS2/c1-11-8-12(2)16(13(3)9-11)14(17-4)10-20(18)15-6-5-7-19-15/h5-9,14,17H,10H2,1-4H3. The number of aryl methyl sites for hydroxylation is 3. The van der Waals surface area contributed by atoms with Gasteiger partial charge in [0.1, 0.15) is 0 Å². The van der Waals surface area contributed by atoms with E-state index in [1.165, 1.54) is 22.3 Å². The minimum Gasteiger partial charge on any atom is -0.312 e. The third-order valence-electron chi connectivity index (χ3n) is 3.47. The van der Waals surface area contributed by atoms with Gasteiger partial charge in [0.2, 0.25) is 0 Å². The third kappa shape index (κ3) is 3.37. The highest BCUT2D eigenvalue weighted by molar-refractivity contribution is 7.87. The van der Waals surface area contributed by atoms with Crippen LogP contribution in [0.3, 0.4) is 0 Å². The first-order valence-electron chi connectivity index (χ1n) is 6.69. The van der Waals surface area contributed by atoms with Gasteiger partial charge in [0.25, 0.3) is 0 Å². The molecule has 0 aliphatic rings. The van der Waals surface area contributed by atoms with Crippen molar-refractivity contribution in [3.8, 4) is 0 Å². The first-order chi connectivity index (χ1) is 9.52. The van der Waals surface area contributed by atoms with Crippen LogP contribution in [0.15, 0.2) is 33.9 Å². The summed E-state index contributed by atoms with van der Waals surface area (Å²) in [5, 5.41) is 5.30. The van der Waals surface area contributed by atoms with Gasteiger partial charge in [-0.15, -0.1) is 11.3 Å². The van der Waals surface area contributed by atoms with Gasteiger partial charge in [-0.05, 0) is 56.0 Å². The van der Waals surface area contributed by atoms with E-state index in [0.717, 1.165) is 4.21 Å². The van der Waals surface area contributed by atoms with Crippen molar-refractivity contribution in [2.75, 3.05) is 12.8 Å². The fourth-order valence-electron chi connectivity index (χ4n) is 2.68. The van der Waals surface area contributed by atoms with Crippen LogP contribution >= 0.6 is 11.3 Å². The Hall–Kier alpha value is -0.970. The normalized spacial score (nSPS) is 14.2. The van der Waals surface area contributed by atoms with Crippen molar-refractivity contribution in [1.82, 2.24) is 5.32 Å². The Kier molecular flexibility index (Phi) is 5.13. The zero-order chi connectivity index (χ0) is 14.7. The molecular formula is C16H21NOS2. The summed E-state index contributed by atoms with van der Waals surface area (Å²) in [4.78, 5) is 0. The quantitative estimate of drug-likeness (QED) is 0.911. The fraction of sp³-hybridized carbons (Fsp3) is 0.375. The third-order valence-corrected chi connectivity index (χ3v) is 6.20. The Balaban J connectivity index is 2.27. The lowest BCUT2D eigenvalue weighted by atomic mass is 9.95. The molecule has 0 aliphatic carbocycles. The smallest absolute Gasteiger partial charge is 0.0911 e. The summed E-state index contributed by atoms with van der Waals surface area (Å²) in [7, 11) is 0.991. The first-order valence-corrected chi connectivity index (χ1v) is 8.89. The minimum absolute atomic E-state index is 0.124. The van der Waals surface area contributed by atoms with Gasteiger partial charge in [0.15, 0.2) is 0 Å². The second-order valence-electron chi connectivity index (χ2n) is 5.10. The van der Waals surface area contributed by atoms with Crippen LogP contribution in [-0.2, 0) is 10.8 Å². The van der Waals surface area contributed by atoms with Crippen molar-refractivity contribution in [3.63, 3.8) is 0 Å². The summed E-state index contributed by atoms with van der Waals surface area (Å²) >= 11 is 1.56. The zero-order valence-electron chi connectivity index (χ0n) is 12.4. The summed E-state index contributed by atoms with van der Waals surface area (Å²) in [5.74, 6) is 0.613. The van der Waals surface area contributed by atoms with Crippen LogP contribution in [0.4, 0.5) is 0 Å². The molecule has 2 nitrogen and oxygen atoms in total. The molecule has 2 rings (SSSR count). The monoisotopic (exact) mass is 307 g/mol. The van der Waals surface area contributed by atoms with Gasteiger partial charge in [-0.2, -0.15) is 0 Å². The molecule has 1 aromatic carbocycles. The van der Waals surface area contributed by atoms with Crippen molar-refractivity contribution >= 4 is 22.1 Å². The molecule has 0 fully saturated rings. The number of rotatable bonds is 5. The number of nitrogens with one attached hydrogen (secondary N) is 1. The highest BCUT2D eigenvalue weighted by Crippen LogP contribution is 2.26. The maximum atomic E-state index is 12.4. The van der Waals surface area contributed by atoms with E-state index in [2.05, 4.69) is 38.2 Å². The molecule has 0 spiro atoms. The van der Waals surface area contributed by atoms with Crippen molar-refractivity contribution < 1.29 is 4.21 Å². The molecule has 1 heterocycles. The molecule has 2 atom stereocenters. The zero-order valence-corrected chi connectivity index (χ0v) is 14.0. The predicted molar refractivity (Wildman–Crippen MR) is 88.0 cm³/mol. The van der Waals surface area contributed by atoms with E-state index in [9.17, 15) is 4.21 Å². The lowest BCUT2D eigenvalue weighted by molar-refractivity contribution is 0.631. The van der Waals surface area contributed by atoms with Crippen molar-refractivity contribution in [3.05, 3.63) is 51.9 Å². The van der Waals surface area contributed by atoms with Crippen LogP contribution in [-0.4, -0.2) is 17.0 Å². The average Bonchev–Trinajstić information content (AvgIpc) is 2.90. The Bertz CT molecular complexity index is 582. The number of benzene rings is 1. The summed E-state index contributed by atoms with van der Waals surface area (Å²) in [5.41, 5.74) is 5.09. The highest BCUT2D eigenvalue weighted by Gasteiger charge is 2.19. The molecule has 0 amide bonds. The molecule has 0 bridgehead atoms. The van der Waals surface area contributed by atoms with E-state index in [-0.39, 0.29) is 6.04 Å². The Morgan fingerprint density at radius 2 is 1.90 bits per heavy atom. The summed E-state index contributed by atoms with van der Waals surface area (Å²) in [6.45, 7) is 6.38. The van der Waals surface area contributed by atoms with Gasteiger partial charge >= 0.3 is 0 Å². The summed E-state index contributed by atoms with van der Waals surface area (Å²) in [6.07, 6.45) is 0. The SMILES string of the molecule is CNC(CS(=O)c1cccs1)c1c(C)cc(C)cc1C. The predicted octanol–water partition coefficient (Wildman–Crippen LogP) is 3.74. The van der Waals surface area contributed by atoms with Crippen LogP contribution in [0, 0.1) is 20.8 Å². The van der Waals surface area contributed by atoms with E-state index in [1.807, 2.05) is 24.6 Å². The van der Waals surface area contributed by atoms with E-state index < -0.39 is 10.8 Å². The van der Waals surface area contributed by atoms with Crippen LogP contribution in [0.25, 0.3) is 0 Å². The lowest BCUT2D eigenvalue weighted by Crippen LogP contribution is -2.24. The molecule has 108 valence electrons. The van der Waals surface area contributed by atoms with Crippen LogP contribution in [0.1, 0.15) is 28.3 Å². The molecule has 20 heavy (non-hydrogen) atoms. The van der Waals surface area contributed by atoms with E-state index in [0.29, 0.717) is 5.75 Å². The van der Waals surface area contributed by atoms with Crippen molar-refractivity contribution in [1.29, 1.82) is 0 Å². The molecule has 0 saturated carbocycles. The van der Waals surface area contributed by atoms with E-state index in [4.69, 9.17) is 0 Å². The Morgan fingerprint density at radius 1 is 1.25 bits per heavy atom. The topological polar surface area (TPSA) is 29.1 Å². The Morgan fingerprint density at radius 3 is 2.40 bits per heavy atom. The van der Waals surface area contributed by atoms with Crippen LogP contribution in [0.5, 0.6) is 0 Å². The molecule has 1 aromatic heterocycles. The van der Waals surface area contributed by atoms with Crippen molar-refractivity contribution in [2.45, 2.75) is 31.0 Å². The fourth-order valence-corrected chi connectivity index (χ4v) is 4.96. The lowest BCUT2D eigenvalue weighted by Gasteiger charge is -2.21. The average molecular weight is 307 g/mol. The van der Waals surface area contributed by atoms with E-state index in [1.54, 1.807) is 11.3 Å². The number of hydrogen-bond acceptors (Lipinski definition) is 3. The molecule has 0 aliphatic heterocycles. The molecule has 0 radical (unpaired) electrons. The summed E-state index contributed by atoms with van der Waals surface area (Å²) in [6, 6.07) is 8.41. The first kappa shape index (κ1) is 15.4. The van der Waals surface area contributed by atoms with Gasteiger partial charge in [-0.3, -0.25) is 4.21 Å². The molecule has 2 aromatic rings. The summed E-state index contributed by atoms with van der Waals surface area (Å²) < 4.78 is 13.4. The molecular weight excluding hydrogens is 286 g/mol. The van der Waals surface area contributed by atoms with Gasteiger partial charge in [0, 0.05) is 11.8 Å². The minimum atomic E-state index is -0.949. The molecule has 2 unspecified atom stereocenters. The Labute approximate surface area is 127 Å². The number of hydrogen-bond donors (Lipinski definition) is 1.